The molecule has 1 aliphatic heterocycles. The second-order valence-electron chi connectivity index (χ2n) is 5.90. The van der Waals surface area contributed by atoms with E-state index in [0.717, 1.165) is 6.42 Å². The van der Waals surface area contributed by atoms with Gasteiger partial charge in [-0.2, -0.15) is 0 Å². The predicted molar refractivity (Wildman–Crippen MR) is 58.9 cm³/mol. The molecule has 0 aromatic rings. The molecule has 3 unspecified atom stereocenters. The summed E-state index contributed by atoms with van der Waals surface area (Å²) < 4.78 is 18.8. The number of likely N-dealkylation sites (tertiary alicyclic amines) is 1. The number of rotatable bonds is 0. The van der Waals surface area contributed by atoms with Crippen molar-refractivity contribution < 1.29 is 13.9 Å². The van der Waals surface area contributed by atoms with Gasteiger partial charge in [0.2, 0.25) is 0 Å². The minimum Gasteiger partial charge on any atom is -0.444 e. The van der Waals surface area contributed by atoms with Crippen LogP contribution in [-0.2, 0) is 4.74 Å². The maximum absolute atomic E-state index is 13.5. The fourth-order valence-corrected chi connectivity index (χ4v) is 2.67. The third-order valence-corrected chi connectivity index (χ3v) is 3.42. The SMILES string of the molecule is CC(C)(C)OC(=O)N1CC2CCC(F)C2C1. The van der Waals surface area contributed by atoms with E-state index in [4.69, 9.17) is 4.74 Å². The number of hydrogen-bond donors (Lipinski definition) is 0. The molecule has 1 amide bonds. The summed E-state index contributed by atoms with van der Waals surface area (Å²) in [6, 6.07) is 0. The Bertz CT molecular complexity index is 287. The zero-order chi connectivity index (χ0) is 11.9. The smallest absolute Gasteiger partial charge is 0.410 e. The summed E-state index contributed by atoms with van der Waals surface area (Å²) >= 11 is 0. The van der Waals surface area contributed by atoms with Gasteiger partial charge in [0.1, 0.15) is 11.8 Å². The molecule has 0 N–H and O–H groups in total. The molecule has 1 saturated heterocycles. The van der Waals surface area contributed by atoms with Crippen molar-refractivity contribution in [2.45, 2.75) is 45.4 Å². The van der Waals surface area contributed by atoms with Gasteiger partial charge in [-0.25, -0.2) is 9.18 Å². The van der Waals surface area contributed by atoms with Gasteiger partial charge in [-0.3, -0.25) is 0 Å². The van der Waals surface area contributed by atoms with Crippen molar-refractivity contribution in [1.82, 2.24) is 4.90 Å². The molecule has 1 heterocycles. The second-order valence-corrected chi connectivity index (χ2v) is 5.90. The standard InChI is InChI=1S/C12H20FNO2/c1-12(2,3)16-11(15)14-6-8-4-5-10(13)9(8)7-14/h8-10H,4-7H2,1-3H3. The van der Waals surface area contributed by atoms with Gasteiger partial charge in [-0.1, -0.05) is 0 Å². The van der Waals surface area contributed by atoms with Crippen molar-refractivity contribution in [2.75, 3.05) is 13.1 Å². The van der Waals surface area contributed by atoms with Crippen molar-refractivity contribution >= 4 is 6.09 Å². The Morgan fingerprint density at radius 2 is 2.00 bits per heavy atom. The Morgan fingerprint density at radius 3 is 2.56 bits per heavy atom. The summed E-state index contributed by atoms with van der Waals surface area (Å²) in [5, 5.41) is 0. The fraction of sp³-hybridized carbons (Fsp3) is 0.917. The van der Waals surface area contributed by atoms with Crippen molar-refractivity contribution in [3.05, 3.63) is 0 Å². The Balaban J connectivity index is 1.92. The molecule has 0 aromatic heterocycles. The summed E-state index contributed by atoms with van der Waals surface area (Å²) in [4.78, 5) is 13.4. The molecule has 0 spiro atoms. The van der Waals surface area contributed by atoms with Crippen LogP contribution in [0.25, 0.3) is 0 Å². The van der Waals surface area contributed by atoms with Gasteiger partial charge < -0.3 is 9.64 Å². The lowest BCUT2D eigenvalue weighted by atomic mass is 10.0. The Morgan fingerprint density at radius 1 is 1.31 bits per heavy atom. The van der Waals surface area contributed by atoms with Gasteiger partial charge >= 0.3 is 6.09 Å². The van der Waals surface area contributed by atoms with E-state index in [9.17, 15) is 9.18 Å². The minimum atomic E-state index is -0.725. The van der Waals surface area contributed by atoms with Crippen LogP contribution in [0.4, 0.5) is 9.18 Å². The van der Waals surface area contributed by atoms with Crippen LogP contribution < -0.4 is 0 Å². The summed E-state index contributed by atoms with van der Waals surface area (Å²) in [6.07, 6.45) is 0.550. The first-order chi connectivity index (χ1) is 7.37. The van der Waals surface area contributed by atoms with Crippen LogP contribution in [-0.4, -0.2) is 35.9 Å². The molecule has 0 bridgehead atoms. The number of hydrogen-bond acceptors (Lipinski definition) is 2. The lowest BCUT2D eigenvalue weighted by Gasteiger charge is -2.25. The lowest BCUT2D eigenvalue weighted by molar-refractivity contribution is 0.0274. The Hall–Kier alpha value is -0.800. The molecule has 3 atom stereocenters. The van der Waals surface area contributed by atoms with E-state index >= 15 is 0 Å². The summed E-state index contributed by atoms with van der Waals surface area (Å²) in [7, 11) is 0. The van der Waals surface area contributed by atoms with Crippen LogP contribution in [0.2, 0.25) is 0 Å². The topological polar surface area (TPSA) is 29.5 Å². The van der Waals surface area contributed by atoms with Crippen molar-refractivity contribution in [1.29, 1.82) is 0 Å². The maximum atomic E-state index is 13.5. The van der Waals surface area contributed by atoms with E-state index < -0.39 is 11.8 Å². The summed E-state index contributed by atoms with van der Waals surface area (Å²) in [5.41, 5.74) is -0.468. The molecule has 0 radical (unpaired) electrons. The molecular formula is C12H20FNO2. The monoisotopic (exact) mass is 229 g/mol. The molecule has 92 valence electrons. The second kappa shape index (κ2) is 3.90. The summed E-state index contributed by atoms with van der Waals surface area (Å²) in [5.74, 6) is 0.398. The minimum absolute atomic E-state index is 0.0486. The number of amides is 1. The fourth-order valence-electron chi connectivity index (χ4n) is 2.67. The molecule has 3 nitrogen and oxygen atoms in total. The zero-order valence-electron chi connectivity index (χ0n) is 10.2. The molecule has 2 rings (SSSR count). The average Bonchev–Trinajstić information content (AvgIpc) is 2.65. The van der Waals surface area contributed by atoms with E-state index in [-0.39, 0.29) is 12.0 Å². The van der Waals surface area contributed by atoms with E-state index in [1.807, 2.05) is 20.8 Å². The highest BCUT2D eigenvalue weighted by atomic mass is 19.1. The van der Waals surface area contributed by atoms with E-state index in [1.54, 1.807) is 4.90 Å². The van der Waals surface area contributed by atoms with E-state index in [1.165, 1.54) is 0 Å². The number of alkyl halides is 1. The van der Waals surface area contributed by atoms with Gasteiger partial charge in [0.15, 0.2) is 0 Å². The highest BCUT2D eigenvalue weighted by molar-refractivity contribution is 5.68. The molecule has 0 aromatic carbocycles. The van der Waals surface area contributed by atoms with Gasteiger partial charge in [0.05, 0.1) is 0 Å². The van der Waals surface area contributed by atoms with Gasteiger partial charge in [0.25, 0.3) is 0 Å². The molecule has 1 saturated carbocycles. The molecular weight excluding hydrogens is 209 g/mol. The Labute approximate surface area is 95.9 Å². The van der Waals surface area contributed by atoms with E-state index in [2.05, 4.69) is 0 Å². The van der Waals surface area contributed by atoms with Crippen LogP contribution >= 0.6 is 0 Å². The van der Waals surface area contributed by atoms with Crippen molar-refractivity contribution in [2.24, 2.45) is 11.8 Å². The van der Waals surface area contributed by atoms with Gasteiger partial charge in [-0.15, -0.1) is 0 Å². The van der Waals surface area contributed by atoms with E-state index in [0.29, 0.717) is 25.4 Å². The van der Waals surface area contributed by atoms with Crippen LogP contribution in [0.1, 0.15) is 33.6 Å². The Kier molecular flexibility index (Phi) is 2.84. The van der Waals surface area contributed by atoms with Crippen LogP contribution in [0, 0.1) is 11.8 Å². The highest BCUT2D eigenvalue weighted by Gasteiger charge is 2.45. The molecule has 1 aliphatic carbocycles. The number of halogens is 1. The first-order valence-corrected chi connectivity index (χ1v) is 5.99. The van der Waals surface area contributed by atoms with Gasteiger partial charge in [0, 0.05) is 19.0 Å². The van der Waals surface area contributed by atoms with Crippen LogP contribution in [0.15, 0.2) is 0 Å². The first-order valence-electron chi connectivity index (χ1n) is 5.99. The van der Waals surface area contributed by atoms with Gasteiger partial charge in [-0.05, 0) is 39.5 Å². The first kappa shape index (κ1) is 11.7. The largest absolute Gasteiger partial charge is 0.444 e. The molecule has 2 aliphatic rings. The summed E-state index contributed by atoms with van der Waals surface area (Å²) in [6.45, 7) is 6.74. The molecule has 2 fully saturated rings. The quantitative estimate of drug-likeness (QED) is 0.639. The van der Waals surface area contributed by atoms with Crippen LogP contribution in [0.3, 0.4) is 0 Å². The predicted octanol–water partition coefficient (Wildman–Crippen LogP) is 2.60. The number of fused-ring (bicyclic) bond motifs is 1. The number of ether oxygens (including phenoxy) is 1. The highest BCUT2D eigenvalue weighted by Crippen LogP contribution is 2.40. The average molecular weight is 229 g/mol. The molecule has 4 heteroatoms. The number of carbonyl (C=O) groups is 1. The third-order valence-electron chi connectivity index (χ3n) is 3.42. The normalized spacial score (nSPS) is 34.0. The van der Waals surface area contributed by atoms with Crippen LogP contribution in [0.5, 0.6) is 0 Å². The third kappa shape index (κ3) is 2.30. The van der Waals surface area contributed by atoms with Crippen molar-refractivity contribution in [3.63, 3.8) is 0 Å². The maximum Gasteiger partial charge on any atom is 0.410 e. The van der Waals surface area contributed by atoms with Crippen molar-refractivity contribution in [3.8, 4) is 0 Å². The molecule has 16 heavy (non-hydrogen) atoms. The zero-order valence-corrected chi connectivity index (χ0v) is 10.2. The number of carbonyl (C=O) groups excluding carboxylic acids is 1. The lowest BCUT2D eigenvalue weighted by Crippen LogP contribution is -2.36. The number of nitrogens with zero attached hydrogens (tertiary/aromatic N) is 1.